The van der Waals surface area contributed by atoms with E-state index >= 15 is 0 Å². The Kier molecular flexibility index (Phi) is 43.9. The third kappa shape index (κ3) is 44.3. The summed E-state index contributed by atoms with van der Waals surface area (Å²) in [6.07, 6.45) is 55.9. The fraction of sp³-hybridized carbons (Fsp3) is 0.800. The van der Waals surface area contributed by atoms with Crippen molar-refractivity contribution in [2.45, 2.75) is 244 Å². The SMILES string of the molecule is CCCCCCC/C=C/C=C/C=C/CCCCCCCC(=O)OCC(COCCC(C(=O)O)[N+](C)(C)C)OC(=O)CCCCCCCCC/C=C/CCCCCCCCCCCC. The average Bonchev–Trinajstić information content (AvgIpc) is 3.24. The highest BCUT2D eigenvalue weighted by Crippen LogP contribution is 2.15. The molecule has 0 bridgehead atoms. The van der Waals surface area contributed by atoms with Crippen molar-refractivity contribution < 1.29 is 38.2 Å². The zero-order valence-electron chi connectivity index (χ0n) is 41.8. The van der Waals surface area contributed by atoms with Gasteiger partial charge in [0.25, 0.3) is 0 Å². The van der Waals surface area contributed by atoms with Gasteiger partial charge in [0.15, 0.2) is 12.1 Å². The molecule has 2 unspecified atom stereocenters. The molecule has 2 atom stereocenters. The molecule has 0 aliphatic carbocycles. The van der Waals surface area contributed by atoms with E-state index in [-0.39, 0.29) is 36.2 Å². The first-order valence-electron chi connectivity index (χ1n) is 26.2. The quantitative estimate of drug-likeness (QED) is 0.0214. The molecule has 0 saturated carbocycles. The molecular formula is C55H100NO7+. The fourth-order valence-electron chi connectivity index (χ4n) is 7.68. The number of hydrogen-bond donors (Lipinski definition) is 1. The maximum absolute atomic E-state index is 12.8. The number of aliphatic carboxylic acids is 1. The number of unbranched alkanes of at least 4 members (excludes halogenated alkanes) is 27. The summed E-state index contributed by atoms with van der Waals surface area (Å²) in [5.74, 6) is -1.49. The van der Waals surface area contributed by atoms with E-state index < -0.39 is 18.1 Å². The number of esters is 2. The van der Waals surface area contributed by atoms with Gasteiger partial charge in [0.05, 0.1) is 34.4 Å². The van der Waals surface area contributed by atoms with Crippen LogP contribution in [0.5, 0.6) is 0 Å². The van der Waals surface area contributed by atoms with Crippen LogP contribution in [-0.4, -0.2) is 80.6 Å². The number of ether oxygens (including phenoxy) is 3. The first kappa shape index (κ1) is 60.3. The molecule has 8 heteroatoms. The van der Waals surface area contributed by atoms with E-state index in [9.17, 15) is 19.5 Å². The Morgan fingerprint density at radius 3 is 1.27 bits per heavy atom. The molecule has 0 saturated heterocycles. The summed E-state index contributed by atoms with van der Waals surface area (Å²) in [7, 11) is 5.53. The lowest BCUT2D eigenvalue weighted by Gasteiger charge is -2.31. The maximum Gasteiger partial charge on any atom is 0.362 e. The highest BCUT2D eigenvalue weighted by molar-refractivity contribution is 5.72. The maximum atomic E-state index is 12.8. The second-order valence-corrected chi connectivity index (χ2v) is 18.8. The van der Waals surface area contributed by atoms with Crippen molar-refractivity contribution in [1.29, 1.82) is 0 Å². The van der Waals surface area contributed by atoms with Gasteiger partial charge in [0, 0.05) is 19.3 Å². The molecule has 0 rings (SSSR count). The molecule has 0 heterocycles. The van der Waals surface area contributed by atoms with Gasteiger partial charge in [-0.1, -0.05) is 197 Å². The number of carbonyl (C=O) groups is 3. The number of quaternary nitrogens is 1. The zero-order chi connectivity index (χ0) is 46.3. The van der Waals surface area contributed by atoms with E-state index in [2.05, 4.69) is 62.5 Å². The van der Waals surface area contributed by atoms with Crippen LogP contribution in [-0.2, 0) is 28.6 Å². The van der Waals surface area contributed by atoms with Crippen LogP contribution in [0.4, 0.5) is 0 Å². The Morgan fingerprint density at radius 2 is 0.857 bits per heavy atom. The molecule has 0 aromatic heterocycles. The molecular weight excluding hydrogens is 787 g/mol. The monoisotopic (exact) mass is 887 g/mol. The molecule has 0 aliphatic heterocycles. The Labute approximate surface area is 388 Å². The molecule has 63 heavy (non-hydrogen) atoms. The second kappa shape index (κ2) is 45.8. The standard InChI is InChI=1S/C55H99NO7/c1-6-8-10-12-14-16-18-20-22-24-26-27-28-30-32-34-36-38-40-42-44-46-54(58)63-51(49-61-48-47-52(55(59)60)56(3,4)5)50-62-53(57)45-43-41-39-37-35-33-31-29-25-23-21-19-17-15-13-11-9-7-2/h19,21,23,25,27-29,31,51-52H,6-18,20,22,24,26,30,32-50H2,1-5H3/p+1/b21-19+,25-23+,28-27+,31-29+. The summed E-state index contributed by atoms with van der Waals surface area (Å²) in [4.78, 5) is 37.2. The topological polar surface area (TPSA) is 99.1 Å². The Morgan fingerprint density at radius 1 is 0.476 bits per heavy atom. The van der Waals surface area contributed by atoms with Crippen LogP contribution >= 0.6 is 0 Å². The second-order valence-electron chi connectivity index (χ2n) is 18.8. The van der Waals surface area contributed by atoms with E-state index in [4.69, 9.17) is 14.2 Å². The number of carboxylic acid groups (broad SMARTS) is 1. The predicted octanol–water partition coefficient (Wildman–Crippen LogP) is 15.1. The van der Waals surface area contributed by atoms with Crippen molar-refractivity contribution in [3.8, 4) is 0 Å². The van der Waals surface area contributed by atoms with E-state index in [1.807, 2.05) is 21.1 Å². The number of hydrogen-bond acceptors (Lipinski definition) is 6. The smallest absolute Gasteiger partial charge is 0.362 e. The summed E-state index contributed by atoms with van der Waals surface area (Å²) in [5, 5.41) is 9.65. The van der Waals surface area contributed by atoms with Crippen LogP contribution in [0.3, 0.4) is 0 Å². The van der Waals surface area contributed by atoms with Gasteiger partial charge in [-0.05, 0) is 64.2 Å². The highest BCUT2D eigenvalue weighted by atomic mass is 16.6. The summed E-state index contributed by atoms with van der Waals surface area (Å²) in [5.41, 5.74) is 0. The molecule has 0 fully saturated rings. The van der Waals surface area contributed by atoms with Gasteiger partial charge in [0.2, 0.25) is 0 Å². The molecule has 0 spiro atoms. The molecule has 0 aromatic rings. The van der Waals surface area contributed by atoms with Gasteiger partial charge < -0.3 is 23.8 Å². The van der Waals surface area contributed by atoms with Gasteiger partial charge >= 0.3 is 17.9 Å². The highest BCUT2D eigenvalue weighted by Gasteiger charge is 2.31. The molecule has 0 radical (unpaired) electrons. The summed E-state index contributed by atoms with van der Waals surface area (Å²) in [6, 6.07) is -0.620. The number of likely N-dealkylation sites (N-methyl/N-ethyl adjacent to an activating group) is 1. The third-order valence-electron chi connectivity index (χ3n) is 11.8. The number of carboxylic acids is 1. The van der Waals surface area contributed by atoms with Crippen LogP contribution in [0.25, 0.3) is 0 Å². The molecule has 0 amide bonds. The predicted molar refractivity (Wildman–Crippen MR) is 266 cm³/mol. The average molecular weight is 887 g/mol. The van der Waals surface area contributed by atoms with E-state index in [1.54, 1.807) is 0 Å². The number of nitrogens with zero attached hydrogens (tertiary/aromatic N) is 1. The van der Waals surface area contributed by atoms with Crippen LogP contribution in [0.2, 0.25) is 0 Å². The molecule has 1 N–H and O–H groups in total. The fourth-order valence-corrected chi connectivity index (χ4v) is 7.68. The first-order chi connectivity index (χ1) is 30.6. The first-order valence-corrected chi connectivity index (χ1v) is 26.2. The van der Waals surface area contributed by atoms with E-state index in [0.717, 1.165) is 64.2 Å². The molecule has 366 valence electrons. The molecule has 8 nitrogen and oxygen atoms in total. The van der Waals surface area contributed by atoms with Gasteiger partial charge in [-0.15, -0.1) is 0 Å². The Balaban J connectivity index is 4.28. The largest absolute Gasteiger partial charge is 0.477 e. The Bertz CT molecular complexity index is 1170. The minimum absolute atomic E-state index is 0.0527. The van der Waals surface area contributed by atoms with Crippen molar-refractivity contribution in [1.82, 2.24) is 0 Å². The van der Waals surface area contributed by atoms with Gasteiger partial charge in [-0.25, -0.2) is 4.79 Å². The summed E-state index contributed by atoms with van der Waals surface area (Å²) in [6.45, 7) is 4.72. The van der Waals surface area contributed by atoms with Crippen molar-refractivity contribution in [3.63, 3.8) is 0 Å². The van der Waals surface area contributed by atoms with Crippen LogP contribution in [0, 0.1) is 0 Å². The van der Waals surface area contributed by atoms with E-state index in [0.29, 0.717) is 19.3 Å². The minimum atomic E-state index is -0.878. The van der Waals surface area contributed by atoms with Crippen molar-refractivity contribution in [2.75, 3.05) is 41.0 Å². The van der Waals surface area contributed by atoms with Gasteiger partial charge in [-0.3, -0.25) is 9.59 Å². The number of carbonyl (C=O) groups excluding carboxylic acids is 2. The normalized spacial score (nSPS) is 13.2. The van der Waals surface area contributed by atoms with E-state index in [1.165, 1.54) is 135 Å². The van der Waals surface area contributed by atoms with Crippen LogP contribution in [0.1, 0.15) is 232 Å². The zero-order valence-corrected chi connectivity index (χ0v) is 41.8. The lowest BCUT2D eigenvalue weighted by Crippen LogP contribution is -2.50. The lowest BCUT2D eigenvalue weighted by atomic mass is 10.1. The molecule has 0 aliphatic rings. The van der Waals surface area contributed by atoms with Crippen LogP contribution in [0.15, 0.2) is 48.6 Å². The lowest BCUT2D eigenvalue weighted by molar-refractivity contribution is -0.887. The van der Waals surface area contributed by atoms with Crippen molar-refractivity contribution in [2.24, 2.45) is 0 Å². The summed E-state index contributed by atoms with van der Waals surface area (Å²) >= 11 is 0. The minimum Gasteiger partial charge on any atom is -0.477 e. The summed E-state index contributed by atoms with van der Waals surface area (Å²) < 4.78 is 17.3. The Hall–Kier alpha value is -2.71. The van der Waals surface area contributed by atoms with Gasteiger partial charge in [-0.2, -0.15) is 0 Å². The van der Waals surface area contributed by atoms with Crippen molar-refractivity contribution >= 4 is 17.9 Å². The van der Waals surface area contributed by atoms with Crippen LogP contribution < -0.4 is 0 Å². The molecule has 0 aromatic carbocycles. The number of rotatable bonds is 47. The third-order valence-corrected chi connectivity index (χ3v) is 11.8. The van der Waals surface area contributed by atoms with Crippen molar-refractivity contribution in [3.05, 3.63) is 48.6 Å². The van der Waals surface area contributed by atoms with Gasteiger partial charge in [0.1, 0.15) is 6.61 Å². The number of allylic oxidation sites excluding steroid dienone is 8.